The molecule has 3 amide bonds. The molecule has 23 heavy (non-hydrogen) atoms. The summed E-state index contributed by atoms with van der Waals surface area (Å²) in [6, 6.07) is 6.58. The molecule has 2 heterocycles. The number of nitrogens with one attached hydrogen (secondary N) is 1. The van der Waals surface area contributed by atoms with Crippen molar-refractivity contribution < 1.29 is 18.0 Å². The van der Waals surface area contributed by atoms with Gasteiger partial charge in [-0.25, -0.2) is 13.2 Å². The zero-order valence-electron chi connectivity index (χ0n) is 12.9. The molecule has 1 aromatic carbocycles. The quantitative estimate of drug-likeness (QED) is 0.808. The molecule has 0 aliphatic carbocycles. The van der Waals surface area contributed by atoms with Crippen LogP contribution in [0, 0.1) is 6.92 Å². The molecule has 0 bridgehead atoms. The zero-order chi connectivity index (χ0) is 16.6. The predicted octanol–water partition coefficient (Wildman–Crippen LogP) is 0.451. The third kappa shape index (κ3) is 3.23. The molecule has 3 rings (SSSR count). The summed E-state index contributed by atoms with van der Waals surface area (Å²) in [7, 11) is -3.46. The van der Waals surface area contributed by atoms with E-state index >= 15 is 0 Å². The van der Waals surface area contributed by atoms with Crippen LogP contribution in [0.15, 0.2) is 24.3 Å². The monoisotopic (exact) mass is 337 g/mol. The van der Waals surface area contributed by atoms with Crippen molar-refractivity contribution in [1.29, 1.82) is 0 Å². The highest BCUT2D eigenvalue weighted by Gasteiger charge is 2.41. The molecule has 124 valence electrons. The second-order valence-corrected chi connectivity index (χ2v) is 7.94. The minimum Gasteiger partial charge on any atom is -0.329 e. The number of carbonyl (C=O) groups excluding carboxylic acids is 2. The standard InChI is InChI=1S/C15H19N3O4S/c1-11-3-2-4-12(7-11)10-23(21,22)17-6-5-13(9-17)18-14(19)8-16-15(18)20/h2-4,7,13H,5-6,8-10H2,1H3,(H,16,20). The molecule has 2 fully saturated rings. The Labute approximate surface area is 135 Å². The minimum atomic E-state index is -3.46. The lowest BCUT2D eigenvalue weighted by molar-refractivity contribution is -0.126. The highest BCUT2D eigenvalue weighted by atomic mass is 32.2. The molecule has 1 unspecified atom stereocenters. The summed E-state index contributed by atoms with van der Waals surface area (Å²) in [5.74, 6) is -0.361. The molecule has 2 aliphatic heterocycles. The maximum atomic E-state index is 12.6. The number of imide groups is 1. The van der Waals surface area contributed by atoms with E-state index in [1.807, 2.05) is 25.1 Å². The smallest absolute Gasteiger partial charge is 0.324 e. The molecule has 1 aromatic rings. The Kier molecular flexibility index (Phi) is 4.11. The lowest BCUT2D eigenvalue weighted by Crippen LogP contribution is -2.43. The first-order valence-corrected chi connectivity index (χ1v) is 9.11. The van der Waals surface area contributed by atoms with Crippen LogP contribution in [0.25, 0.3) is 0 Å². The number of rotatable bonds is 4. The molecule has 2 saturated heterocycles. The topological polar surface area (TPSA) is 86.8 Å². The van der Waals surface area contributed by atoms with Crippen LogP contribution in [0.3, 0.4) is 0 Å². The van der Waals surface area contributed by atoms with E-state index in [0.717, 1.165) is 16.0 Å². The van der Waals surface area contributed by atoms with Gasteiger partial charge in [0.1, 0.15) is 0 Å². The highest BCUT2D eigenvalue weighted by molar-refractivity contribution is 7.88. The van der Waals surface area contributed by atoms with Crippen molar-refractivity contribution in [1.82, 2.24) is 14.5 Å². The maximum absolute atomic E-state index is 12.6. The minimum absolute atomic E-state index is 0.00856. The van der Waals surface area contributed by atoms with Crippen LogP contribution >= 0.6 is 0 Å². The first-order valence-electron chi connectivity index (χ1n) is 7.50. The molecule has 1 atom stereocenters. The number of hydrogen-bond acceptors (Lipinski definition) is 4. The fraction of sp³-hybridized carbons (Fsp3) is 0.467. The molecule has 0 spiro atoms. The van der Waals surface area contributed by atoms with Gasteiger partial charge in [-0.15, -0.1) is 0 Å². The van der Waals surface area contributed by atoms with Crippen LogP contribution in [-0.4, -0.2) is 55.2 Å². The molecular weight excluding hydrogens is 318 g/mol. The Hall–Kier alpha value is -1.93. The summed E-state index contributed by atoms with van der Waals surface area (Å²) in [6.07, 6.45) is 0.478. The molecule has 2 aliphatic rings. The number of nitrogens with zero attached hydrogens (tertiary/aromatic N) is 2. The first kappa shape index (κ1) is 15.9. The average molecular weight is 337 g/mol. The SMILES string of the molecule is Cc1cccc(CS(=O)(=O)N2CCC(N3C(=O)CNC3=O)C2)c1. The van der Waals surface area contributed by atoms with E-state index in [2.05, 4.69) is 5.32 Å². The predicted molar refractivity (Wildman–Crippen MR) is 84.0 cm³/mol. The van der Waals surface area contributed by atoms with E-state index in [9.17, 15) is 18.0 Å². The number of hydrogen-bond donors (Lipinski definition) is 1. The molecular formula is C15H19N3O4S. The van der Waals surface area contributed by atoms with Crippen molar-refractivity contribution in [3.8, 4) is 0 Å². The van der Waals surface area contributed by atoms with Gasteiger partial charge in [0.2, 0.25) is 15.9 Å². The van der Waals surface area contributed by atoms with Crippen LogP contribution in [0.4, 0.5) is 4.79 Å². The van der Waals surface area contributed by atoms with Crippen LogP contribution < -0.4 is 5.32 Å². The molecule has 7 nitrogen and oxygen atoms in total. The van der Waals surface area contributed by atoms with E-state index in [4.69, 9.17) is 0 Å². The van der Waals surface area contributed by atoms with Gasteiger partial charge in [0.25, 0.3) is 0 Å². The average Bonchev–Trinajstić information content (AvgIpc) is 3.06. The molecule has 0 radical (unpaired) electrons. The Morgan fingerprint density at radius 1 is 1.30 bits per heavy atom. The van der Waals surface area contributed by atoms with Gasteiger partial charge in [0.15, 0.2) is 0 Å². The van der Waals surface area contributed by atoms with E-state index in [1.165, 1.54) is 4.31 Å². The fourth-order valence-corrected chi connectivity index (χ4v) is 4.65. The summed E-state index contributed by atoms with van der Waals surface area (Å²) >= 11 is 0. The number of sulfonamides is 1. The van der Waals surface area contributed by atoms with Crippen molar-refractivity contribution in [2.75, 3.05) is 19.6 Å². The van der Waals surface area contributed by atoms with Crippen LogP contribution in [0.2, 0.25) is 0 Å². The lowest BCUT2D eigenvalue weighted by atomic mass is 10.2. The lowest BCUT2D eigenvalue weighted by Gasteiger charge is -2.21. The summed E-state index contributed by atoms with van der Waals surface area (Å²) in [5, 5.41) is 2.47. The molecule has 0 aromatic heterocycles. The number of carbonyl (C=O) groups is 2. The largest absolute Gasteiger partial charge is 0.329 e. The highest BCUT2D eigenvalue weighted by Crippen LogP contribution is 2.23. The van der Waals surface area contributed by atoms with Crippen LogP contribution in [0.1, 0.15) is 17.5 Å². The number of urea groups is 1. The Morgan fingerprint density at radius 3 is 2.74 bits per heavy atom. The summed E-state index contributed by atoms with van der Waals surface area (Å²) < 4.78 is 26.5. The van der Waals surface area contributed by atoms with Gasteiger partial charge in [-0.2, -0.15) is 4.31 Å². The number of aryl methyl sites for hydroxylation is 1. The van der Waals surface area contributed by atoms with Crippen molar-refractivity contribution >= 4 is 22.0 Å². The van der Waals surface area contributed by atoms with Crippen molar-refractivity contribution in [2.24, 2.45) is 0 Å². The Bertz CT molecular complexity index is 731. The second kappa shape index (κ2) is 5.93. The van der Waals surface area contributed by atoms with Gasteiger partial charge in [0.05, 0.1) is 18.3 Å². The third-order valence-electron chi connectivity index (χ3n) is 4.19. The van der Waals surface area contributed by atoms with Gasteiger partial charge < -0.3 is 5.32 Å². The normalized spacial score (nSPS) is 22.7. The van der Waals surface area contributed by atoms with Crippen LogP contribution in [-0.2, 0) is 20.6 Å². The second-order valence-electron chi connectivity index (χ2n) is 5.97. The third-order valence-corrected chi connectivity index (χ3v) is 6.01. The Balaban J connectivity index is 1.70. The van der Waals surface area contributed by atoms with Gasteiger partial charge in [-0.3, -0.25) is 9.69 Å². The zero-order valence-corrected chi connectivity index (χ0v) is 13.7. The number of amides is 3. The van der Waals surface area contributed by atoms with Gasteiger partial charge in [0, 0.05) is 13.1 Å². The summed E-state index contributed by atoms with van der Waals surface area (Å²) in [4.78, 5) is 24.6. The molecule has 1 N–H and O–H groups in total. The van der Waals surface area contributed by atoms with Gasteiger partial charge in [-0.05, 0) is 18.9 Å². The van der Waals surface area contributed by atoms with E-state index in [1.54, 1.807) is 6.07 Å². The molecule has 0 saturated carbocycles. The van der Waals surface area contributed by atoms with Crippen molar-refractivity contribution in [3.63, 3.8) is 0 Å². The van der Waals surface area contributed by atoms with Crippen molar-refractivity contribution in [3.05, 3.63) is 35.4 Å². The fourth-order valence-electron chi connectivity index (χ4n) is 3.08. The number of benzene rings is 1. The summed E-state index contributed by atoms with van der Waals surface area (Å²) in [5.41, 5.74) is 1.75. The maximum Gasteiger partial charge on any atom is 0.324 e. The van der Waals surface area contributed by atoms with Crippen molar-refractivity contribution in [2.45, 2.75) is 25.1 Å². The summed E-state index contributed by atoms with van der Waals surface area (Å²) in [6.45, 7) is 2.41. The van der Waals surface area contributed by atoms with Crippen LogP contribution in [0.5, 0.6) is 0 Å². The van der Waals surface area contributed by atoms with Gasteiger partial charge in [-0.1, -0.05) is 29.8 Å². The van der Waals surface area contributed by atoms with E-state index in [0.29, 0.717) is 13.0 Å². The Morgan fingerprint density at radius 2 is 2.09 bits per heavy atom. The van der Waals surface area contributed by atoms with E-state index in [-0.39, 0.29) is 30.8 Å². The van der Waals surface area contributed by atoms with E-state index < -0.39 is 16.1 Å². The van der Waals surface area contributed by atoms with Gasteiger partial charge >= 0.3 is 6.03 Å². The first-order chi connectivity index (χ1) is 10.9. The molecule has 8 heteroatoms.